The van der Waals surface area contributed by atoms with Gasteiger partial charge in [0.15, 0.2) is 0 Å². The van der Waals surface area contributed by atoms with Gasteiger partial charge in [0, 0.05) is 11.6 Å². The highest BCUT2D eigenvalue weighted by molar-refractivity contribution is 5.39. The molecule has 0 aliphatic carbocycles. The van der Waals surface area contributed by atoms with Gasteiger partial charge in [-0.15, -0.1) is 0 Å². The van der Waals surface area contributed by atoms with Crippen molar-refractivity contribution in [3.63, 3.8) is 0 Å². The molecule has 0 unspecified atom stereocenters. The van der Waals surface area contributed by atoms with Crippen LogP contribution >= 0.6 is 0 Å². The van der Waals surface area contributed by atoms with E-state index < -0.39 is 0 Å². The number of rotatable bonds is 6. The summed E-state index contributed by atoms with van der Waals surface area (Å²) < 4.78 is 5.34. The van der Waals surface area contributed by atoms with Crippen molar-refractivity contribution in [3.8, 4) is 5.88 Å². The van der Waals surface area contributed by atoms with Gasteiger partial charge in [0.25, 0.3) is 0 Å². The molecule has 1 heterocycles. The molecule has 1 aromatic rings. The molecule has 0 saturated carbocycles. The number of nitrogens with zero attached hydrogens (tertiary/aromatic N) is 2. The average Bonchev–Trinajstić information content (AvgIpc) is 2.30. The highest BCUT2D eigenvalue weighted by atomic mass is 16.5. The van der Waals surface area contributed by atoms with Crippen LogP contribution < -0.4 is 10.1 Å². The predicted molar refractivity (Wildman–Crippen MR) is 65.8 cm³/mol. The van der Waals surface area contributed by atoms with E-state index in [-0.39, 0.29) is 5.54 Å². The molecular formula is C12H21N3O. The second-order valence-corrected chi connectivity index (χ2v) is 4.07. The van der Waals surface area contributed by atoms with Gasteiger partial charge in [0.2, 0.25) is 5.88 Å². The Labute approximate surface area is 97.5 Å². The first kappa shape index (κ1) is 12.7. The zero-order valence-electron chi connectivity index (χ0n) is 10.6. The Hall–Kier alpha value is -1.32. The van der Waals surface area contributed by atoms with E-state index in [1.807, 2.05) is 13.0 Å². The van der Waals surface area contributed by atoms with Crippen molar-refractivity contribution in [1.29, 1.82) is 0 Å². The Morgan fingerprint density at radius 2 is 1.94 bits per heavy atom. The molecule has 1 N–H and O–H groups in total. The smallest absolute Gasteiger partial charge is 0.218 e. The minimum absolute atomic E-state index is 0.0812. The highest BCUT2D eigenvalue weighted by Gasteiger charge is 2.19. The minimum atomic E-state index is 0.0812. The Morgan fingerprint density at radius 3 is 2.50 bits per heavy atom. The van der Waals surface area contributed by atoms with E-state index in [9.17, 15) is 0 Å². The molecule has 0 aromatic carbocycles. The molecule has 90 valence electrons. The monoisotopic (exact) mass is 223 g/mol. The SMILES string of the molecule is CCOc1cc(NC(C)(CC)CC)ncn1. The molecule has 1 aromatic heterocycles. The van der Waals surface area contributed by atoms with Crippen molar-refractivity contribution in [2.75, 3.05) is 11.9 Å². The molecule has 0 aliphatic heterocycles. The van der Waals surface area contributed by atoms with E-state index in [0.29, 0.717) is 12.5 Å². The summed E-state index contributed by atoms with van der Waals surface area (Å²) in [6.07, 6.45) is 3.63. The number of hydrogen-bond donors (Lipinski definition) is 1. The number of ether oxygens (including phenoxy) is 1. The zero-order chi connectivity index (χ0) is 12.0. The van der Waals surface area contributed by atoms with Gasteiger partial charge in [0.05, 0.1) is 6.61 Å². The summed E-state index contributed by atoms with van der Waals surface area (Å²) in [5.74, 6) is 1.44. The Morgan fingerprint density at radius 1 is 1.25 bits per heavy atom. The first-order valence-corrected chi connectivity index (χ1v) is 5.86. The summed E-state index contributed by atoms with van der Waals surface area (Å²) in [6, 6.07) is 1.84. The quantitative estimate of drug-likeness (QED) is 0.805. The van der Waals surface area contributed by atoms with Crippen molar-refractivity contribution < 1.29 is 4.74 Å². The lowest BCUT2D eigenvalue weighted by atomic mass is 9.96. The fraction of sp³-hybridized carbons (Fsp3) is 0.667. The maximum absolute atomic E-state index is 5.34. The van der Waals surface area contributed by atoms with Crippen LogP contribution in [0.1, 0.15) is 40.5 Å². The van der Waals surface area contributed by atoms with Gasteiger partial charge >= 0.3 is 0 Å². The van der Waals surface area contributed by atoms with Crippen molar-refractivity contribution in [2.24, 2.45) is 0 Å². The molecule has 4 heteroatoms. The summed E-state index contributed by atoms with van der Waals surface area (Å²) in [6.45, 7) is 9.09. The molecule has 1 rings (SSSR count). The number of aromatic nitrogens is 2. The van der Waals surface area contributed by atoms with Crippen LogP contribution in [0.4, 0.5) is 5.82 Å². The van der Waals surface area contributed by atoms with E-state index in [4.69, 9.17) is 4.74 Å². The van der Waals surface area contributed by atoms with E-state index >= 15 is 0 Å². The van der Waals surface area contributed by atoms with Crippen LogP contribution in [0.15, 0.2) is 12.4 Å². The molecular weight excluding hydrogens is 202 g/mol. The van der Waals surface area contributed by atoms with Gasteiger partial charge in [-0.05, 0) is 26.7 Å². The van der Waals surface area contributed by atoms with Crippen LogP contribution in [0.25, 0.3) is 0 Å². The molecule has 0 bridgehead atoms. The average molecular weight is 223 g/mol. The zero-order valence-corrected chi connectivity index (χ0v) is 10.6. The summed E-state index contributed by atoms with van der Waals surface area (Å²) >= 11 is 0. The minimum Gasteiger partial charge on any atom is -0.478 e. The highest BCUT2D eigenvalue weighted by Crippen LogP contribution is 2.21. The molecule has 0 fully saturated rings. The van der Waals surface area contributed by atoms with Crippen molar-refractivity contribution in [1.82, 2.24) is 9.97 Å². The third kappa shape index (κ3) is 3.36. The number of anilines is 1. The number of nitrogens with one attached hydrogen (secondary N) is 1. The molecule has 0 amide bonds. The predicted octanol–water partition coefficient (Wildman–Crippen LogP) is 2.87. The largest absolute Gasteiger partial charge is 0.478 e. The summed E-state index contributed by atoms with van der Waals surface area (Å²) in [4.78, 5) is 8.24. The van der Waals surface area contributed by atoms with Gasteiger partial charge in [-0.3, -0.25) is 0 Å². The first-order valence-electron chi connectivity index (χ1n) is 5.86. The third-order valence-corrected chi connectivity index (χ3v) is 2.92. The summed E-state index contributed by atoms with van der Waals surface area (Å²) in [5, 5.41) is 3.42. The van der Waals surface area contributed by atoms with Crippen LogP contribution in [-0.2, 0) is 0 Å². The van der Waals surface area contributed by atoms with Crippen molar-refractivity contribution >= 4 is 5.82 Å². The van der Waals surface area contributed by atoms with Gasteiger partial charge in [-0.25, -0.2) is 9.97 Å². The Kier molecular flexibility index (Phi) is 4.52. The van der Waals surface area contributed by atoms with E-state index in [0.717, 1.165) is 18.7 Å². The van der Waals surface area contributed by atoms with E-state index in [1.165, 1.54) is 6.33 Å². The molecule has 0 saturated heterocycles. The Balaban J connectivity index is 2.76. The van der Waals surface area contributed by atoms with Crippen LogP contribution in [0.2, 0.25) is 0 Å². The second-order valence-electron chi connectivity index (χ2n) is 4.07. The second kappa shape index (κ2) is 5.68. The normalized spacial score (nSPS) is 11.2. The van der Waals surface area contributed by atoms with Gasteiger partial charge in [0.1, 0.15) is 12.1 Å². The molecule has 0 atom stereocenters. The van der Waals surface area contributed by atoms with Gasteiger partial charge in [-0.2, -0.15) is 0 Å². The van der Waals surface area contributed by atoms with Gasteiger partial charge < -0.3 is 10.1 Å². The van der Waals surface area contributed by atoms with E-state index in [1.54, 1.807) is 0 Å². The molecule has 0 spiro atoms. The fourth-order valence-corrected chi connectivity index (χ4v) is 1.37. The van der Waals surface area contributed by atoms with Crippen molar-refractivity contribution in [2.45, 2.75) is 46.1 Å². The third-order valence-electron chi connectivity index (χ3n) is 2.92. The van der Waals surface area contributed by atoms with E-state index in [2.05, 4.69) is 36.1 Å². The van der Waals surface area contributed by atoms with Crippen LogP contribution in [0.3, 0.4) is 0 Å². The van der Waals surface area contributed by atoms with Crippen molar-refractivity contribution in [3.05, 3.63) is 12.4 Å². The Bertz CT molecular complexity index is 324. The topological polar surface area (TPSA) is 47.0 Å². The molecule has 16 heavy (non-hydrogen) atoms. The fourth-order valence-electron chi connectivity index (χ4n) is 1.37. The summed E-state index contributed by atoms with van der Waals surface area (Å²) in [7, 11) is 0. The maximum atomic E-state index is 5.34. The maximum Gasteiger partial charge on any atom is 0.218 e. The van der Waals surface area contributed by atoms with Crippen LogP contribution in [-0.4, -0.2) is 22.1 Å². The number of hydrogen-bond acceptors (Lipinski definition) is 4. The first-order chi connectivity index (χ1) is 7.63. The molecule has 0 aliphatic rings. The lowest BCUT2D eigenvalue weighted by Crippen LogP contribution is -2.33. The lowest BCUT2D eigenvalue weighted by molar-refractivity contribution is 0.326. The van der Waals surface area contributed by atoms with Crippen LogP contribution in [0, 0.1) is 0 Å². The standard InChI is InChI=1S/C12H21N3O/c1-5-12(4,6-2)15-10-8-11(16-7-3)14-9-13-10/h8-9H,5-7H2,1-4H3,(H,13,14,15). The molecule has 0 radical (unpaired) electrons. The molecule has 4 nitrogen and oxygen atoms in total. The summed E-state index contributed by atoms with van der Waals surface area (Å²) in [5.41, 5.74) is 0.0812. The van der Waals surface area contributed by atoms with Gasteiger partial charge in [-0.1, -0.05) is 13.8 Å². The lowest BCUT2D eigenvalue weighted by Gasteiger charge is -2.28. The van der Waals surface area contributed by atoms with Crippen LogP contribution in [0.5, 0.6) is 5.88 Å².